The summed E-state index contributed by atoms with van der Waals surface area (Å²) in [5.41, 5.74) is 1.65. The van der Waals surface area contributed by atoms with Gasteiger partial charge in [0.05, 0.1) is 0 Å². The molecule has 0 atom stereocenters. The van der Waals surface area contributed by atoms with Gasteiger partial charge < -0.3 is 4.42 Å². The molecule has 0 aliphatic rings. The molecule has 15 heavy (non-hydrogen) atoms. The number of carbonyl (C=O) groups excluding carboxylic acids is 1. The SMILES string of the molecule is CC(=O)c1cccc(-c2ccc(C)o2)c1. The first-order chi connectivity index (χ1) is 7.16. The van der Waals surface area contributed by atoms with E-state index in [9.17, 15) is 4.79 Å². The minimum atomic E-state index is 0.0696. The van der Waals surface area contributed by atoms with Crippen LogP contribution in [0.1, 0.15) is 23.0 Å². The molecule has 1 aromatic carbocycles. The maximum Gasteiger partial charge on any atom is 0.159 e. The van der Waals surface area contributed by atoms with Gasteiger partial charge in [-0.05, 0) is 32.0 Å². The molecule has 0 aliphatic carbocycles. The van der Waals surface area contributed by atoms with Crippen LogP contribution < -0.4 is 0 Å². The maximum absolute atomic E-state index is 11.2. The molecule has 0 saturated carbocycles. The van der Waals surface area contributed by atoms with Gasteiger partial charge in [0.1, 0.15) is 11.5 Å². The molecular formula is C13H12O2. The van der Waals surface area contributed by atoms with Gasteiger partial charge in [-0.3, -0.25) is 4.79 Å². The quantitative estimate of drug-likeness (QED) is 0.695. The number of hydrogen-bond donors (Lipinski definition) is 0. The van der Waals surface area contributed by atoms with Crippen LogP contribution in [0.5, 0.6) is 0 Å². The van der Waals surface area contributed by atoms with Crippen molar-refractivity contribution in [1.82, 2.24) is 0 Å². The number of rotatable bonds is 2. The van der Waals surface area contributed by atoms with Crippen LogP contribution in [0.3, 0.4) is 0 Å². The number of furan rings is 1. The lowest BCUT2D eigenvalue weighted by Gasteiger charge is -1.99. The smallest absolute Gasteiger partial charge is 0.159 e. The number of carbonyl (C=O) groups is 1. The van der Waals surface area contributed by atoms with Crippen LogP contribution in [0.2, 0.25) is 0 Å². The third-order valence-electron chi connectivity index (χ3n) is 2.29. The second-order valence-corrected chi connectivity index (χ2v) is 3.55. The summed E-state index contributed by atoms with van der Waals surface area (Å²) in [7, 11) is 0. The van der Waals surface area contributed by atoms with Crippen LogP contribution in [-0.2, 0) is 0 Å². The molecule has 0 bridgehead atoms. The minimum absolute atomic E-state index is 0.0696. The molecule has 0 saturated heterocycles. The van der Waals surface area contributed by atoms with E-state index in [1.165, 1.54) is 0 Å². The normalized spacial score (nSPS) is 10.3. The highest BCUT2D eigenvalue weighted by Crippen LogP contribution is 2.22. The zero-order chi connectivity index (χ0) is 10.8. The summed E-state index contributed by atoms with van der Waals surface area (Å²) in [6.45, 7) is 3.46. The Morgan fingerprint density at radius 2 is 2.00 bits per heavy atom. The fourth-order valence-electron chi connectivity index (χ4n) is 1.48. The van der Waals surface area contributed by atoms with E-state index in [1.54, 1.807) is 6.92 Å². The molecule has 0 fully saturated rings. The lowest BCUT2D eigenvalue weighted by atomic mass is 10.1. The third kappa shape index (κ3) is 1.99. The Bertz CT molecular complexity index is 495. The molecular weight excluding hydrogens is 188 g/mol. The second kappa shape index (κ2) is 3.73. The average Bonchev–Trinajstić information content (AvgIpc) is 2.65. The molecule has 0 spiro atoms. The number of benzene rings is 1. The van der Waals surface area contributed by atoms with Crippen molar-refractivity contribution in [3.8, 4) is 11.3 Å². The molecule has 0 unspecified atom stereocenters. The molecule has 0 aliphatic heterocycles. The van der Waals surface area contributed by atoms with Crippen molar-refractivity contribution in [2.24, 2.45) is 0 Å². The number of Topliss-reactive ketones (excluding diaryl/α,β-unsaturated/α-hetero) is 1. The van der Waals surface area contributed by atoms with Crippen LogP contribution in [0, 0.1) is 6.92 Å². The summed E-state index contributed by atoms with van der Waals surface area (Å²) in [5, 5.41) is 0. The first-order valence-corrected chi connectivity index (χ1v) is 4.84. The lowest BCUT2D eigenvalue weighted by molar-refractivity contribution is 0.101. The van der Waals surface area contributed by atoms with Gasteiger partial charge in [-0.2, -0.15) is 0 Å². The Morgan fingerprint density at radius 3 is 2.60 bits per heavy atom. The summed E-state index contributed by atoms with van der Waals surface area (Å²) in [4.78, 5) is 11.2. The zero-order valence-electron chi connectivity index (χ0n) is 8.78. The largest absolute Gasteiger partial charge is 0.461 e. The van der Waals surface area contributed by atoms with Crippen molar-refractivity contribution < 1.29 is 9.21 Å². The molecule has 0 amide bonds. The Balaban J connectivity index is 2.45. The molecule has 2 nitrogen and oxygen atoms in total. The van der Waals surface area contributed by atoms with Gasteiger partial charge in [0.2, 0.25) is 0 Å². The molecule has 1 aromatic heterocycles. The molecule has 1 heterocycles. The minimum Gasteiger partial charge on any atom is -0.461 e. The predicted molar refractivity (Wildman–Crippen MR) is 58.9 cm³/mol. The summed E-state index contributed by atoms with van der Waals surface area (Å²) >= 11 is 0. The number of hydrogen-bond acceptors (Lipinski definition) is 2. The van der Waals surface area contributed by atoms with Crippen LogP contribution in [0.15, 0.2) is 40.8 Å². The summed E-state index contributed by atoms with van der Waals surface area (Å²) in [6.07, 6.45) is 0. The second-order valence-electron chi connectivity index (χ2n) is 3.55. The zero-order valence-corrected chi connectivity index (χ0v) is 8.78. The van der Waals surface area contributed by atoms with E-state index in [1.807, 2.05) is 43.3 Å². The van der Waals surface area contributed by atoms with E-state index in [0.717, 1.165) is 17.1 Å². The summed E-state index contributed by atoms with van der Waals surface area (Å²) in [5.74, 6) is 1.74. The number of aryl methyl sites for hydroxylation is 1. The van der Waals surface area contributed by atoms with Crippen LogP contribution in [0.4, 0.5) is 0 Å². The molecule has 2 aromatic rings. The van der Waals surface area contributed by atoms with Gasteiger partial charge in [-0.25, -0.2) is 0 Å². The molecule has 76 valence electrons. The maximum atomic E-state index is 11.2. The Labute approximate surface area is 88.5 Å². The van der Waals surface area contributed by atoms with Crippen molar-refractivity contribution in [3.63, 3.8) is 0 Å². The van der Waals surface area contributed by atoms with E-state index in [0.29, 0.717) is 5.56 Å². The summed E-state index contributed by atoms with van der Waals surface area (Å²) in [6, 6.07) is 11.3. The molecule has 0 radical (unpaired) electrons. The van der Waals surface area contributed by atoms with Crippen molar-refractivity contribution in [2.45, 2.75) is 13.8 Å². The monoisotopic (exact) mass is 200 g/mol. The predicted octanol–water partition coefficient (Wildman–Crippen LogP) is 3.46. The average molecular weight is 200 g/mol. The first-order valence-electron chi connectivity index (χ1n) is 4.84. The highest BCUT2D eigenvalue weighted by molar-refractivity contribution is 5.95. The van der Waals surface area contributed by atoms with Crippen molar-refractivity contribution >= 4 is 5.78 Å². The van der Waals surface area contributed by atoms with Crippen molar-refractivity contribution in [2.75, 3.05) is 0 Å². The molecule has 0 N–H and O–H groups in total. The van der Waals surface area contributed by atoms with Crippen LogP contribution in [0.25, 0.3) is 11.3 Å². The fraction of sp³-hybridized carbons (Fsp3) is 0.154. The highest BCUT2D eigenvalue weighted by Gasteiger charge is 2.05. The number of ketones is 1. The van der Waals surface area contributed by atoms with Gasteiger partial charge in [0, 0.05) is 11.1 Å². The third-order valence-corrected chi connectivity index (χ3v) is 2.29. The lowest BCUT2D eigenvalue weighted by Crippen LogP contribution is -1.91. The molecule has 2 heteroatoms. The highest BCUT2D eigenvalue weighted by atomic mass is 16.3. The van der Waals surface area contributed by atoms with Gasteiger partial charge in [0.15, 0.2) is 5.78 Å². The van der Waals surface area contributed by atoms with E-state index in [-0.39, 0.29) is 5.78 Å². The van der Waals surface area contributed by atoms with Gasteiger partial charge in [-0.15, -0.1) is 0 Å². The topological polar surface area (TPSA) is 30.2 Å². The van der Waals surface area contributed by atoms with Crippen LogP contribution >= 0.6 is 0 Å². The van der Waals surface area contributed by atoms with Gasteiger partial charge >= 0.3 is 0 Å². The van der Waals surface area contributed by atoms with E-state index in [2.05, 4.69) is 0 Å². The molecule has 2 rings (SSSR count). The Morgan fingerprint density at radius 1 is 1.20 bits per heavy atom. The van der Waals surface area contributed by atoms with E-state index < -0.39 is 0 Å². The van der Waals surface area contributed by atoms with Gasteiger partial charge in [-0.1, -0.05) is 18.2 Å². The van der Waals surface area contributed by atoms with Gasteiger partial charge in [0.25, 0.3) is 0 Å². The standard InChI is InChI=1S/C13H12O2/c1-9-6-7-13(15-9)12-5-3-4-11(8-12)10(2)14/h3-8H,1-2H3. The Hall–Kier alpha value is -1.83. The first kappa shape index (κ1) is 9.71. The summed E-state index contributed by atoms with van der Waals surface area (Å²) < 4.78 is 5.49. The van der Waals surface area contributed by atoms with E-state index in [4.69, 9.17) is 4.42 Å². The Kier molecular flexibility index (Phi) is 2.42. The van der Waals surface area contributed by atoms with E-state index >= 15 is 0 Å². The van der Waals surface area contributed by atoms with Crippen molar-refractivity contribution in [1.29, 1.82) is 0 Å². The van der Waals surface area contributed by atoms with Crippen LogP contribution in [-0.4, -0.2) is 5.78 Å². The fourth-order valence-corrected chi connectivity index (χ4v) is 1.48. The van der Waals surface area contributed by atoms with Crippen molar-refractivity contribution in [3.05, 3.63) is 47.7 Å².